The van der Waals surface area contributed by atoms with E-state index >= 15 is 0 Å². The van der Waals surface area contributed by atoms with Gasteiger partial charge in [-0.05, 0) is 52.3 Å². The molecule has 0 amide bonds. The first-order valence-corrected chi connectivity index (χ1v) is 7.79. The van der Waals surface area contributed by atoms with Gasteiger partial charge in [-0.2, -0.15) is 13.2 Å². The maximum atomic E-state index is 13.7. The molecule has 0 fully saturated rings. The van der Waals surface area contributed by atoms with Crippen LogP contribution < -0.4 is 5.32 Å². The van der Waals surface area contributed by atoms with Gasteiger partial charge in [-0.15, -0.1) is 11.3 Å². The summed E-state index contributed by atoms with van der Waals surface area (Å²) >= 11 is 4.80. The number of hydrogen-bond donors (Lipinski definition) is 1. The number of benzene rings is 1. The van der Waals surface area contributed by atoms with Crippen LogP contribution in [0.15, 0.2) is 34.1 Å². The third-order valence-electron chi connectivity index (χ3n) is 2.92. The van der Waals surface area contributed by atoms with Crippen LogP contribution in [0.3, 0.4) is 0 Å². The molecule has 0 saturated heterocycles. The molecule has 1 heterocycles. The molecule has 1 nitrogen and oxygen atoms in total. The molecule has 2 aromatic rings. The highest BCUT2D eigenvalue weighted by atomic mass is 79.9. The van der Waals surface area contributed by atoms with E-state index in [2.05, 4.69) is 21.2 Å². The third-order valence-corrected chi connectivity index (χ3v) is 4.61. The first kappa shape index (κ1) is 16.5. The van der Waals surface area contributed by atoms with Gasteiger partial charge in [0, 0.05) is 4.88 Å². The fraction of sp³-hybridized carbons (Fsp3) is 0.286. The largest absolute Gasteiger partial charge is 0.419 e. The molecule has 1 unspecified atom stereocenters. The van der Waals surface area contributed by atoms with Gasteiger partial charge in [0.15, 0.2) is 0 Å². The summed E-state index contributed by atoms with van der Waals surface area (Å²) in [4.78, 5) is 0.905. The van der Waals surface area contributed by atoms with Crippen molar-refractivity contribution in [3.63, 3.8) is 0 Å². The van der Waals surface area contributed by atoms with Gasteiger partial charge in [0.2, 0.25) is 0 Å². The number of thiophene rings is 1. The lowest BCUT2D eigenvalue weighted by atomic mass is 10.0. The van der Waals surface area contributed by atoms with Crippen molar-refractivity contribution in [2.75, 3.05) is 6.54 Å². The molecule has 1 atom stereocenters. The Morgan fingerprint density at radius 3 is 2.43 bits per heavy atom. The second kappa shape index (κ2) is 6.46. The lowest BCUT2D eigenvalue weighted by Crippen LogP contribution is -2.21. The number of hydrogen-bond acceptors (Lipinski definition) is 2. The Hall–Kier alpha value is -0.920. The quantitative estimate of drug-likeness (QED) is 0.702. The molecule has 0 aliphatic heterocycles. The Bertz CT molecular complexity index is 624. The molecule has 7 heteroatoms. The molecule has 0 aliphatic rings. The van der Waals surface area contributed by atoms with Crippen LogP contribution in [0.2, 0.25) is 0 Å². The Morgan fingerprint density at radius 1 is 1.24 bits per heavy atom. The molecule has 0 radical (unpaired) electrons. The lowest BCUT2D eigenvalue weighted by molar-refractivity contribution is -0.140. The molecule has 0 saturated carbocycles. The molecule has 2 rings (SSSR count). The summed E-state index contributed by atoms with van der Waals surface area (Å²) in [5.41, 5.74) is -0.773. The molecular weight excluding hydrogens is 370 g/mol. The Morgan fingerprint density at radius 2 is 1.95 bits per heavy atom. The lowest BCUT2D eigenvalue weighted by Gasteiger charge is -2.18. The first-order valence-electron chi connectivity index (χ1n) is 6.18. The van der Waals surface area contributed by atoms with Crippen molar-refractivity contribution >= 4 is 27.3 Å². The first-order chi connectivity index (χ1) is 9.82. The SMILES string of the molecule is CCNC(c1ccc(C(F)(F)F)c(F)c1)c1ccc(Br)s1. The summed E-state index contributed by atoms with van der Waals surface area (Å²) in [6, 6.07) is 6.43. The zero-order chi connectivity index (χ0) is 15.6. The van der Waals surface area contributed by atoms with Gasteiger partial charge in [-0.3, -0.25) is 0 Å². The van der Waals surface area contributed by atoms with E-state index in [4.69, 9.17) is 0 Å². The third kappa shape index (κ3) is 3.84. The fourth-order valence-corrected chi connectivity index (χ4v) is 3.54. The van der Waals surface area contributed by atoms with E-state index < -0.39 is 17.6 Å². The zero-order valence-corrected chi connectivity index (χ0v) is 13.4. The van der Waals surface area contributed by atoms with E-state index in [-0.39, 0.29) is 6.04 Å². The van der Waals surface area contributed by atoms with Crippen molar-refractivity contribution in [3.8, 4) is 0 Å². The maximum absolute atomic E-state index is 13.7. The summed E-state index contributed by atoms with van der Waals surface area (Å²) in [5, 5.41) is 3.16. The van der Waals surface area contributed by atoms with Crippen LogP contribution >= 0.6 is 27.3 Å². The van der Waals surface area contributed by atoms with Gasteiger partial charge < -0.3 is 5.32 Å². The molecular formula is C14H12BrF4NS. The summed E-state index contributed by atoms with van der Waals surface area (Å²) in [7, 11) is 0. The van der Waals surface area contributed by atoms with Crippen LogP contribution in [0.4, 0.5) is 17.6 Å². The second-order valence-corrected chi connectivity index (χ2v) is 6.86. The average molecular weight is 382 g/mol. The number of rotatable bonds is 4. The van der Waals surface area contributed by atoms with Crippen LogP contribution in [-0.4, -0.2) is 6.54 Å². The van der Waals surface area contributed by atoms with E-state index in [0.29, 0.717) is 12.1 Å². The molecule has 0 aliphatic carbocycles. The smallest absolute Gasteiger partial charge is 0.306 e. The molecule has 21 heavy (non-hydrogen) atoms. The number of nitrogens with one attached hydrogen (secondary N) is 1. The van der Waals surface area contributed by atoms with Gasteiger partial charge in [-0.25, -0.2) is 4.39 Å². The second-order valence-electron chi connectivity index (χ2n) is 4.37. The average Bonchev–Trinajstić information content (AvgIpc) is 2.80. The van der Waals surface area contributed by atoms with E-state index in [1.165, 1.54) is 17.4 Å². The molecule has 1 N–H and O–H groups in total. The van der Waals surface area contributed by atoms with Gasteiger partial charge in [0.25, 0.3) is 0 Å². The van der Waals surface area contributed by atoms with Crippen molar-refractivity contribution in [2.45, 2.75) is 19.1 Å². The van der Waals surface area contributed by atoms with Gasteiger partial charge in [0.05, 0.1) is 15.4 Å². The van der Waals surface area contributed by atoms with Gasteiger partial charge in [0.1, 0.15) is 5.82 Å². The Kier molecular flexibility index (Phi) is 5.06. The maximum Gasteiger partial charge on any atom is 0.419 e. The monoisotopic (exact) mass is 381 g/mol. The minimum Gasteiger partial charge on any atom is -0.306 e. The van der Waals surface area contributed by atoms with Crippen molar-refractivity contribution in [3.05, 3.63) is 55.9 Å². The Labute approximate surface area is 132 Å². The molecule has 1 aromatic heterocycles. The fourth-order valence-electron chi connectivity index (χ4n) is 2.01. The Balaban J connectivity index is 2.40. The number of halogens is 5. The van der Waals surface area contributed by atoms with E-state index in [1.807, 2.05) is 19.1 Å². The predicted octanol–water partition coefficient (Wildman–Crippen LogP) is 5.37. The minimum absolute atomic E-state index is 0.330. The van der Waals surface area contributed by atoms with E-state index in [1.54, 1.807) is 0 Å². The summed E-state index contributed by atoms with van der Waals surface area (Å²) in [6.07, 6.45) is -4.68. The van der Waals surface area contributed by atoms with Crippen molar-refractivity contribution in [1.29, 1.82) is 0 Å². The molecule has 114 valence electrons. The normalized spacial score (nSPS) is 13.4. The van der Waals surface area contributed by atoms with E-state index in [0.717, 1.165) is 20.8 Å². The van der Waals surface area contributed by atoms with Crippen LogP contribution in [-0.2, 0) is 6.18 Å². The van der Waals surface area contributed by atoms with Gasteiger partial charge in [-0.1, -0.05) is 13.0 Å². The highest BCUT2D eigenvalue weighted by Crippen LogP contribution is 2.35. The highest BCUT2D eigenvalue weighted by Gasteiger charge is 2.34. The van der Waals surface area contributed by atoms with E-state index in [9.17, 15) is 17.6 Å². The van der Waals surface area contributed by atoms with Crippen LogP contribution in [0.5, 0.6) is 0 Å². The van der Waals surface area contributed by atoms with Crippen molar-refractivity contribution in [2.24, 2.45) is 0 Å². The summed E-state index contributed by atoms with van der Waals surface area (Å²) in [5.74, 6) is -1.25. The zero-order valence-electron chi connectivity index (χ0n) is 11.0. The number of alkyl halides is 3. The minimum atomic E-state index is -4.68. The van der Waals surface area contributed by atoms with Crippen LogP contribution in [0, 0.1) is 5.82 Å². The van der Waals surface area contributed by atoms with Crippen molar-refractivity contribution < 1.29 is 17.6 Å². The van der Waals surface area contributed by atoms with Crippen molar-refractivity contribution in [1.82, 2.24) is 5.32 Å². The molecule has 0 spiro atoms. The van der Waals surface area contributed by atoms with Crippen LogP contribution in [0.1, 0.15) is 29.0 Å². The summed E-state index contributed by atoms with van der Waals surface area (Å²) in [6.45, 7) is 2.50. The highest BCUT2D eigenvalue weighted by molar-refractivity contribution is 9.11. The molecule has 0 bridgehead atoms. The summed E-state index contributed by atoms with van der Waals surface area (Å²) < 4.78 is 52.4. The van der Waals surface area contributed by atoms with Gasteiger partial charge >= 0.3 is 6.18 Å². The molecule has 1 aromatic carbocycles. The topological polar surface area (TPSA) is 12.0 Å². The standard InChI is InChI=1S/C14H12BrF4NS/c1-2-20-13(11-5-6-12(15)21-11)8-3-4-9(10(16)7-8)14(17,18)19/h3-7,13,20H,2H2,1H3. The predicted molar refractivity (Wildman–Crippen MR) is 78.9 cm³/mol. The van der Waals surface area contributed by atoms with Crippen LogP contribution in [0.25, 0.3) is 0 Å².